The van der Waals surface area contributed by atoms with Crippen molar-refractivity contribution in [2.75, 3.05) is 11.6 Å². The molecule has 0 spiro atoms. The van der Waals surface area contributed by atoms with Crippen molar-refractivity contribution in [1.29, 1.82) is 0 Å². The fourth-order valence-corrected chi connectivity index (χ4v) is 3.53. The lowest BCUT2D eigenvalue weighted by Gasteiger charge is -2.21. The lowest BCUT2D eigenvalue weighted by molar-refractivity contribution is -0.158. The van der Waals surface area contributed by atoms with E-state index in [1.807, 2.05) is 0 Å². The van der Waals surface area contributed by atoms with Crippen molar-refractivity contribution in [3.63, 3.8) is 0 Å². The first-order chi connectivity index (χ1) is 15.2. The zero-order valence-electron chi connectivity index (χ0n) is 17.2. The number of alkyl halides is 3. The standard InChI is InChI=1S/C20H18F5N3O4S/c1-10-14-7-12(21)8-15(22)17(14)32-16(10)18(20(23,24)25)28-19(29)27-13-5-3-4-11(6-13)9-26-33(2,30)31/h3-8,18,26H,9H2,1-2H3,(H2,27,28,29). The van der Waals surface area contributed by atoms with E-state index in [1.54, 1.807) is 11.4 Å². The summed E-state index contributed by atoms with van der Waals surface area (Å²) in [6.45, 7) is 1.10. The SMILES string of the molecule is Cc1c(C(NC(=O)Nc2cccc(CNS(C)(=O)=O)c2)C(F)(F)F)oc2c(F)cc(F)cc12. The van der Waals surface area contributed by atoms with Crippen molar-refractivity contribution in [2.45, 2.75) is 25.7 Å². The quantitative estimate of drug-likeness (QED) is 0.443. The molecule has 0 saturated heterocycles. The Morgan fingerprint density at radius 3 is 2.48 bits per heavy atom. The third-order valence-corrected chi connectivity index (χ3v) is 5.25. The zero-order valence-corrected chi connectivity index (χ0v) is 18.0. The number of rotatable bonds is 6. The van der Waals surface area contributed by atoms with Crippen molar-refractivity contribution in [3.8, 4) is 0 Å². The second-order valence-electron chi connectivity index (χ2n) is 7.22. The fraction of sp³-hybridized carbons (Fsp3) is 0.250. The molecule has 2 amide bonds. The van der Waals surface area contributed by atoms with Gasteiger partial charge in [-0.15, -0.1) is 0 Å². The van der Waals surface area contributed by atoms with Crippen LogP contribution in [0.1, 0.15) is 22.9 Å². The summed E-state index contributed by atoms with van der Waals surface area (Å²) in [5.41, 5.74) is -0.210. The molecule has 3 aromatic rings. The summed E-state index contributed by atoms with van der Waals surface area (Å²) in [6, 6.07) is 3.18. The summed E-state index contributed by atoms with van der Waals surface area (Å²) in [6.07, 6.45) is -4.06. The largest absolute Gasteiger partial charge is 0.455 e. The minimum Gasteiger partial charge on any atom is -0.455 e. The van der Waals surface area contributed by atoms with Gasteiger partial charge in [-0.2, -0.15) is 13.2 Å². The molecule has 0 aliphatic carbocycles. The number of nitrogens with one attached hydrogen (secondary N) is 3. The predicted molar refractivity (Wildman–Crippen MR) is 110 cm³/mol. The van der Waals surface area contributed by atoms with Crippen LogP contribution >= 0.6 is 0 Å². The Balaban J connectivity index is 1.84. The average Bonchev–Trinajstić information content (AvgIpc) is 3.00. The van der Waals surface area contributed by atoms with E-state index in [9.17, 15) is 35.2 Å². The summed E-state index contributed by atoms with van der Waals surface area (Å²) >= 11 is 0. The lowest BCUT2D eigenvalue weighted by Crippen LogP contribution is -2.40. The van der Waals surface area contributed by atoms with Crippen LogP contribution in [0.4, 0.5) is 32.4 Å². The number of anilines is 1. The number of furan rings is 1. The van der Waals surface area contributed by atoms with Crippen molar-refractivity contribution < 1.29 is 39.6 Å². The number of sulfonamides is 1. The maximum absolute atomic E-state index is 14.0. The number of aryl methyl sites for hydroxylation is 1. The molecule has 13 heteroatoms. The van der Waals surface area contributed by atoms with Crippen molar-refractivity contribution in [2.24, 2.45) is 0 Å². The summed E-state index contributed by atoms with van der Waals surface area (Å²) in [4.78, 5) is 12.3. The van der Waals surface area contributed by atoms with Gasteiger partial charge in [0.15, 0.2) is 17.4 Å². The van der Waals surface area contributed by atoms with Crippen LogP contribution in [-0.2, 0) is 16.6 Å². The highest BCUT2D eigenvalue weighted by molar-refractivity contribution is 7.88. The Labute approximate surface area is 185 Å². The van der Waals surface area contributed by atoms with Crippen molar-refractivity contribution in [1.82, 2.24) is 10.0 Å². The molecule has 0 aliphatic heterocycles. The first-order valence-corrected chi connectivity index (χ1v) is 11.2. The van der Waals surface area contributed by atoms with Gasteiger partial charge in [-0.1, -0.05) is 12.1 Å². The van der Waals surface area contributed by atoms with Gasteiger partial charge in [0.1, 0.15) is 11.6 Å². The molecular weight excluding hydrogens is 473 g/mol. The minimum absolute atomic E-state index is 0.0932. The van der Waals surface area contributed by atoms with E-state index in [2.05, 4.69) is 10.0 Å². The third kappa shape index (κ3) is 5.99. The van der Waals surface area contributed by atoms with Gasteiger partial charge in [-0.3, -0.25) is 0 Å². The zero-order chi connectivity index (χ0) is 24.6. The second kappa shape index (κ2) is 8.98. The van der Waals surface area contributed by atoms with Gasteiger partial charge in [0.25, 0.3) is 0 Å². The molecule has 1 heterocycles. The van der Waals surface area contributed by atoms with Crippen LogP contribution in [0.15, 0.2) is 40.8 Å². The van der Waals surface area contributed by atoms with Gasteiger partial charge in [0, 0.05) is 29.2 Å². The van der Waals surface area contributed by atoms with Crippen LogP contribution in [0.2, 0.25) is 0 Å². The second-order valence-corrected chi connectivity index (χ2v) is 9.06. The first kappa shape index (κ1) is 24.5. The molecule has 3 N–H and O–H groups in total. The number of benzene rings is 2. The highest BCUT2D eigenvalue weighted by Crippen LogP contribution is 2.39. The average molecular weight is 491 g/mol. The highest BCUT2D eigenvalue weighted by atomic mass is 32.2. The fourth-order valence-electron chi connectivity index (χ4n) is 3.11. The molecule has 7 nitrogen and oxygen atoms in total. The van der Waals surface area contributed by atoms with Crippen LogP contribution in [0, 0.1) is 18.6 Å². The van der Waals surface area contributed by atoms with Gasteiger partial charge in [-0.25, -0.2) is 26.7 Å². The number of halogens is 5. The van der Waals surface area contributed by atoms with E-state index >= 15 is 0 Å². The number of amides is 2. The van der Waals surface area contributed by atoms with E-state index in [1.165, 1.54) is 25.1 Å². The molecule has 1 aromatic heterocycles. The molecule has 0 aliphatic rings. The van der Waals surface area contributed by atoms with Crippen LogP contribution in [0.3, 0.4) is 0 Å². The molecule has 1 atom stereocenters. The topological polar surface area (TPSA) is 100 Å². The number of hydrogen-bond acceptors (Lipinski definition) is 4. The number of carbonyl (C=O) groups excluding carboxylic acids is 1. The Morgan fingerprint density at radius 1 is 1.15 bits per heavy atom. The Kier molecular flexibility index (Phi) is 6.65. The van der Waals surface area contributed by atoms with Crippen LogP contribution < -0.4 is 15.4 Å². The van der Waals surface area contributed by atoms with Crippen molar-refractivity contribution >= 4 is 32.7 Å². The normalized spacial score (nSPS) is 13.2. The molecule has 2 aromatic carbocycles. The first-order valence-electron chi connectivity index (χ1n) is 9.30. The van der Waals surface area contributed by atoms with E-state index in [-0.39, 0.29) is 23.2 Å². The third-order valence-electron chi connectivity index (χ3n) is 4.58. The smallest absolute Gasteiger partial charge is 0.416 e. The van der Waals surface area contributed by atoms with Crippen LogP contribution in [-0.4, -0.2) is 26.9 Å². The van der Waals surface area contributed by atoms with E-state index in [0.717, 1.165) is 12.3 Å². The van der Waals surface area contributed by atoms with Gasteiger partial charge in [0.2, 0.25) is 10.0 Å². The van der Waals surface area contributed by atoms with Gasteiger partial charge >= 0.3 is 12.2 Å². The van der Waals surface area contributed by atoms with Crippen LogP contribution in [0.25, 0.3) is 11.0 Å². The highest BCUT2D eigenvalue weighted by Gasteiger charge is 2.45. The molecule has 0 saturated carbocycles. The summed E-state index contributed by atoms with van der Waals surface area (Å²) in [5.74, 6) is -2.96. The van der Waals surface area contributed by atoms with Crippen LogP contribution in [0.5, 0.6) is 0 Å². The number of fused-ring (bicyclic) bond motifs is 1. The molecule has 178 valence electrons. The number of carbonyl (C=O) groups is 1. The van der Waals surface area contributed by atoms with E-state index < -0.39 is 51.3 Å². The monoisotopic (exact) mass is 491 g/mol. The predicted octanol–water partition coefficient (Wildman–Crippen LogP) is 4.49. The van der Waals surface area contributed by atoms with Gasteiger partial charge < -0.3 is 15.1 Å². The molecule has 0 bridgehead atoms. The Bertz CT molecular complexity index is 1310. The van der Waals surface area contributed by atoms with E-state index in [0.29, 0.717) is 11.6 Å². The maximum Gasteiger partial charge on any atom is 0.416 e. The molecule has 1 unspecified atom stereocenters. The molecule has 33 heavy (non-hydrogen) atoms. The van der Waals surface area contributed by atoms with E-state index in [4.69, 9.17) is 4.42 Å². The molecular formula is C20H18F5N3O4S. The Hall–Kier alpha value is -3.19. The number of urea groups is 1. The molecule has 0 radical (unpaired) electrons. The summed E-state index contributed by atoms with van der Waals surface area (Å²) in [7, 11) is -3.48. The number of hydrogen-bond donors (Lipinski definition) is 3. The van der Waals surface area contributed by atoms with Crippen molar-refractivity contribution in [3.05, 3.63) is 64.9 Å². The lowest BCUT2D eigenvalue weighted by atomic mass is 10.1. The summed E-state index contributed by atoms with van der Waals surface area (Å²) < 4.78 is 98.4. The molecule has 0 fully saturated rings. The van der Waals surface area contributed by atoms with Gasteiger partial charge in [-0.05, 0) is 30.7 Å². The Morgan fingerprint density at radius 2 is 1.85 bits per heavy atom. The minimum atomic E-state index is -5.02. The molecule has 3 rings (SSSR count). The maximum atomic E-state index is 14.0. The summed E-state index contributed by atoms with van der Waals surface area (Å²) in [5, 5.41) is 3.77. The van der Waals surface area contributed by atoms with Gasteiger partial charge in [0.05, 0.1) is 6.26 Å².